The molecule has 0 bridgehead atoms. The van der Waals surface area contributed by atoms with Gasteiger partial charge in [-0.15, -0.1) is 0 Å². The van der Waals surface area contributed by atoms with Crippen LogP contribution >= 0.6 is 0 Å². The van der Waals surface area contributed by atoms with Gasteiger partial charge in [-0.05, 0) is 68.3 Å². The van der Waals surface area contributed by atoms with Crippen molar-refractivity contribution in [3.8, 4) is 28.3 Å². The summed E-state index contributed by atoms with van der Waals surface area (Å²) in [6.45, 7) is 5.82. The van der Waals surface area contributed by atoms with E-state index in [2.05, 4.69) is 32.5 Å². The van der Waals surface area contributed by atoms with E-state index in [1.165, 1.54) is 6.08 Å². The summed E-state index contributed by atoms with van der Waals surface area (Å²) in [7, 11) is 1.60. The summed E-state index contributed by atoms with van der Waals surface area (Å²) in [5, 5.41) is 9.51. The van der Waals surface area contributed by atoms with Crippen molar-refractivity contribution in [1.29, 1.82) is 0 Å². The van der Waals surface area contributed by atoms with Crippen LogP contribution in [0.15, 0.2) is 55.3 Å². The summed E-state index contributed by atoms with van der Waals surface area (Å²) >= 11 is 0. The van der Waals surface area contributed by atoms with E-state index in [0.717, 1.165) is 54.0 Å². The number of hydrogen-bond acceptors (Lipinski definition) is 6. The average molecular weight is 502 g/mol. The predicted octanol–water partition coefficient (Wildman–Crippen LogP) is 3.61. The second kappa shape index (κ2) is 10.6. The fraction of sp³-hybridized carbons (Fsp3) is 0.321. The molecule has 192 valence electrons. The predicted molar refractivity (Wildman–Crippen MR) is 142 cm³/mol. The largest absolute Gasteiger partial charge is 0.489 e. The summed E-state index contributed by atoms with van der Waals surface area (Å²) in [5.41, 5.74) is 5.19. The topological polar surface area (TPSA) is 117 Å². The number of hydrogen-bond donors (Lipinski definition) is 4. The molecular weight excluding hydrogens is 470 g/mol. The van der Waals surface area contributed by atoms with E-state index in [-0.39, 0.29) is 17.4 Å². The van der Waals surface area contributed by atoms with E-state index in [9.17, 15) is 9.59 Å². The molecule has 2 aliphatic rings. The Hall–Kier alpha value is -3.95. The van der Waals surface area contributed by atoms with Crippen LogP contribution in [-0.2, 0) is 15.1 Å². The van der Waals surface area contributed by atoms with Crippen molar-refractivity contribution in [3.63, 3.8) is 0 Å². The highest BCUT2D eigenvalue weighted by atomic mass is 16.5. The molecule has 4 heterocycles. The zero-order valence-corrected chi connectivity index (χ0v) is 20.9. The molecule has 2 aromatic heterocycles. The van der Waals surface area contributed by atoms with Crippen LogP contribution in [0.2, 0.25) is 0 Å². The summed E-state index contributed by atoms with van der Waals surface area (Å²) in [4.78, 5) is 32.8. The Morgan fingerprint density at radius 2 is 2.08 bits per heavy atom. The van der Waals surface area contributed by atoms with Crippen LogP contribution in [0.4, 0.5) is 5.69 Å². The van der Waals surface area contributed by atoms with Crippen LogP contribution in [0.1, 0.15) is 35.3 Å². The van der Waals surface area contributed by atoms with Gasteiger partial charge in [0.05, 0.1) is 34.8 Å². The number of pyridine rings is 1. The molecule has 1 fully saturated rings. The van der Waals surface area contributed by atoms with Crippen LogP contribution in [0.5, 0.6) is 5.75 Å². The van der Waals surface area contributed by atoms with Crippen molar-refractivity contribution in [2.75, 3.05) is 38.7 Å². The molecule has 5 rings (SSSR count). The lowest BCUT2D eigenvalue weighted by Crippen LogP contribution is -2.57. The Morgan fingerprint density at radius 3 is 2.86 bits per heavy atom. The molecule has 9 nitrogen and oxygen atoms in total. The second-order valence-electron chi connectivity index (χ2n) is 9.30. The van der Waals surface area contributed by atoms with Crippen LogP contribution < -0.4 is 20.7 Å². The molecule has 9 heteroatoms. The van der Waals surface area contributed by atoms with E-state index in [4.69, 9.17) is 9.47 Å². The highest BCUT2D eigenvalue weighted by Crippen LogP contribution is 2.37. The first-order valence-electron chi connectivity index (χ1n) is 12.5. The van der Waals surface area contributed by atoms with Gasteiger partial charge in [0.15, 0.2) is 0 Å². The number of fused-ring (bicyclic) bond motifs is 2. The average Bonchev–Trinajstić information content (AvgIpc) is 3.40. The van der Waals surface area contributed by atoms with Crippen molar-refractivity contribution in [2.45, 2.75) is 24.8 Å². The number of nitrogens with one attached hydrogen (secondary N) is 4. The summed E-state index contributed by atoms with van der Waals surface area (Å²) in [6.07, 6.45) is 6.18. The van der Waals surface area contributed by atoms with Gasteiger partial charge in [0, 0.05) is 36.7 Å². The molecule has 1 spiro atoms. The summed E-state index contributed by atoms with van der Waals surface area (Å²) in [5.74, 6) is 0.132. The standard InChI is InChI=1S/C28H31N5O4/c1-3-25(34)32-23-15-18(6-7-24(23)37-13-12-36-2)21-14-19(8-11-29-21)22-16-20-26(33-22)28(17-30-27(20)35)9-4-5-10-31-28/h3,6-8,11,14-16,31,33H,1,4-5,9-10,12-13,17H2,2H3,(H,30,35)(H,32,34). The highest BCUT2D eigenvalue weighted by Gasteiger charge is 2.42. The van der Waals surface area contributed by atoms with Gasteiger partial charge in [-0.3, -0.25) is 14.6 Å². The van der Waals surface area contributed by atoms with Crippen LogP contribution in [-0.4, -0.2) is 55.2 Å². The van der Waals surface area contributed by atoms with Gasteiger partial charge < -0.3 is 30.4 Å². The lowest BCUT2D eigenvalue weighted by Gasteiger charge is -2.41. The SMILES string of the molecule is C=CC(=O)Nc1cc(-c2cc(-c3cc4c([nH]3)C3(CCCCN3)CNC4=O)ccn2)ccc1OCCOC. The third-order valence-electron chi connectivity index (χ3n) is 6.92. The maximum atomic E-state index is 12.7. The van der Waals surface area contributed by atoms with Gasteiger partial charge in [-0.2, -0.15) is 0 Å². The Balaban J connectivity index is 1.48. The molecule has 0 saturated carbocycles. The highest BCUT2D eigenvalue weighted by molar-refractivity contribution is 6.00. The van der Waals surface area contributed by atoms with Crippen molar-refractivity contribution >= 4 is 17.5 Å². The van der Waals surface area contributed by atoms with E-state index in [1.54, 1.807) is 19.4 Å². The Labute approximate surface area is 215 Å². The number of anilines is 1. The molecule has 2 amide bonds. The van der Waals surface area contributed by atoms with E-state index < -0.39 is 0 Å². The normalized spacial score (nSPS) is 18.7. The quantitative estimate of drug-likeness (QED) is 0.277. The Morgan fingerprint density at radius 1 is 1.19 bits per heavy atom. The molecule has 1 atom stereocenters. The molecule has 0 radical (unpaired) electrons. The van der Waals surface area contributed by atoms with Gasteiger partial charge in [0.2, 0.25) is 5.91 Å². The number of ether oxygens (including phenoxy) is 2. The van der Waals surface area contributed by atoms with Gasteiger partial charge >= 0.3 is 0 Å². The molecule has 3 aromatic rings. The molecule has 4 N–H and O–H groups in total. The molecule has 2 aliphatic heterocycles. The third-order valence-corrected chi connectivity index (χ3v) is 6.92. The monoisotopic (exact) mass is 501 g/mol. The number of amides is 2. The maximum Gasteiger partial charge on any atom is 0.253 e. The first-order valence-corrected chi connectivity index (χ1v) is 12.5. The number of piperidine rings is 1. The molecule has 1 aromatic carbocycles. The third kappa shape index (κ3) is 5.00. The van der Waals surface area contributed by atoms with Gasteiger partial charge in [-0.1, -0.05) is 6.58 Å². The Bertz CT molecular complexity index is 1330. The first kappa shape index (κ1) is 24.7. The van der Waals surface area contributed by atoms with Gasteiger partial charge in [0.25, 0.3) is 5.91 Å². The van der Waals surface area contributed by atoms with Crippen LogP contribution in [0.3, 0.4) is 0 Å². The van der Waals surface area contributed by atoms with Crippen molar-refractivity contribution in [1.82, 2.24) is 20.6 Å². The number of nitrogens with zero attached hydrogens (tertiary/aromatic N) is 1. The Kier molecular flexibility index (Phi) is 7.07. The number of methoxy groups -OCH3 is 1. The van der Waals surface area contributed by atoms with Crippen LogP contribution in [0.25, 0.3) is 22.5 Å². The number of benzene rings is 1. The van der Waals surface area contributed by atoms with Gasteiger partial charge in [-0.25, -0.2) is 0 Å². The van der Waals surface area contributed by atoms with Gasteiger partial charge in [0.1, 0.15) is 12.4 Å². The van der Waals surface area contributed by atoms with Crippen molar-refractivity contribution < 1.29 is 19.1 Å². The smallest absolute Gasteiger partial charge is 0.253 e. The van der Waals surface area contributed by atoms with Crippen LogP contribution in [0, 0.1) is 0 Å². The summed E-state index contributed by atoms with van der Waals surface area (Å²) < 4.78 is 10.8. The van der Waals surface area contributed by atoms with E-state index >= 15 is 0 Å². The second-order valence-corrected chi connectivity index (χ2v) is 9.30. The first-order chi connectivity index (χ1) is 18.0. The minimum Gasteiger partial charge on any atom is -0.489 e. The number of H-pyrrole nitrogens is 1. The van der Waals surface area contributed by atoms with Crippen molar-refractivity contribution in [3.05, 3.63) is 66.5 Å². The number of aromatic amines is 1. The summed E-state index contributed by atoms with van der Waals surface area (Å²) in [6, 6.07) is 11.3. The molecule has 1 saturated heterocycles. The minimum absolute atomic E-state index is 0.0589. The maximum absolute atomic E-state index is 12.7. The molecular formula is C28H31N5O4. The number of carbonyl (C=O) groups is 2. The molecule has 1 unspecified atom stereocenters. The number of carbonyl (C=O) groups excluding carboxylic acids is 2. The van der Waals surface area contributed by atoms with Crippen molar-refractivity contribution in [2.24, 2.45) is 0 Å². The lowest BCUT2D eigenvalue weighted by atomic mass is 9.82. The minimum atomic E-state index is -0.337. The number of rotatable bonds is 8. The van der Waals surface area contributed by atoms with E-state index in [0.29, 0.717) is 36.8 Å². The zero-order valence-electron chi connectivity index (χ0n) is 20.9. The fourth-order valence-corrected chi connectivity index (χ4v) is 5.00. The van der Waals surface area contributed by atoms with E-state index in [1.807, 2.05) is 30.3 Å². The lowest BCUT2D eigenvalue weighted by molar-refractivity contribution is -0.111. The molecule has 0 aliphatic carbocycles. The fourth-order valence-electron chi connectivity index (χ4n) is 5.00. The zero-order chi connectivity index (χ0) is 25.8. The number of aromatic nitrogens is 2. The molecule has 37 heavy (non-hydrogen) atoms.